The van der Waals surface area contributed by atoms with Crippen molar-refractivity contribution in [2.24, 2.45) is 0 Å². The molecular formula is C17H18N2OS. The van der Waals surface area contributed by atoms with Crippen molar-refractivity contribution in [3.8, 4) is 0 Å². The molecule has 0 unspecified atom stereocenters. The summed E-state index contributed by atoms with van der Waals surface area (Å²) in [5.41, 5.74) is 10.4. The fourth-order valence-corrected chi connectivity index (χ4v) is 3.71. The number of nitrogens with two attached hydrogens (primary N) is 1. The molecule has 1 amide bonds. The zero-order valence-corrected chi connectivity index (χ0v) is 13.0. The lowest BCUT2D eigenvalue weighted by molar-refractivity contribution is 0.0986. The van der Waals surface area contributed by atoms with Gasteiger partial charge in [0.2, 0.25) is 0 Å². The summed E-state index contributed by atoms with van der Waals surface area (Å²) in [6.45, 7) is 4.69. The third-order valence-electron chi connectivity index (χ3n) is 3.79. The molecule has 2 aromatic carbocycles. The normalized spacial score (nSPS) is 13.9. The zero-order valence-electron chi connectivity index (χ0n) is 12.2. The molecule has 4 heteroatoms. The van der Waals surface area contributed by atoms with E-state index in [0.29, 0.717) is 12.2 Å². The maximum Gasteiger partial charge on any atom is 0.258 e. The van der Waals surface area contributed by atoms with Crippen molar-refractivity contribution in [3.05, 3.63) is 53.1 Å². The topological polar surface area (TPSA) is 46.3 Å². The van der Waals surface area contributed by atoms with E-state index in [0.717, 1.165) is 33.0 Å². The summed E-state index contributed by atoms with van der Waals surface area (Å²) in [5, 5.41) is 0. The van der Waals surface area contributed by atoms with Crippen LogP contribution in [0, 0.1) is 13.8 Å². The number of carbonyl (C=O) groups excluding carboxylic acids is 1. The lowest BCUT2D eigenvalue weighted by Gasteiger charge is -2.30. The highest BCUT2D eigenvalue weighted by Crippen LogP contribution is 2.37. The standard InChI is InChI=1S/C17H18N2OS/c1-11-4-3-5-12(2)16(11)17(20)19-8-9-21-15-7-6-13(18)10-14(15)19/h3-7,10H,8-9,18H2,1-2H3. The number of nitrogens with zero attached hydrogens (tertiary/aromatic N) is 1. The molecule has 0 radical (unpaired) electrons. The van der Waals surface area contributed by atoms with E-state index in [1.165, 1.54) is 0 Å². The Morgan fingerprint density at radius 3 is 2.62 bits per heavy atom. The molecule has 0 aliphatic carbocycles. The smallest absolute Gasteiger partial charge is 0.258 e. The van der Waals surface area contributed by atoms with Gasteiger partial charge in [0.15, 0.2) is 0 Å². The van der Waals surface area contributed by atoms with E-state index in [1.54, 1.807) is 11.8 Å². The summed E-state index contributed by atoms with van der Waals surface area (Å²) in [4.78, 5) is 16.0. The Balaban J connectivity index is 2.06. The largest absolute Gasteiger partial charge is 0.399 e. The van der Waals surface area contributed by atoms with Crippen molar-refractivity contribution >= 4 is 29.0 Å². The van der Waals surface area contributed by atoms with Crippen LogP contribution in [0.15, 0.2) is 41.3 Å². The first-order valence-electron chi connectivity index (χ1n) is 6.98. The Morgan fingerprint density at radius 2 is 1.90 bits per heavy atom. The second kappa shape index (κ2) is 5.45. The molecule has 0 aromatic heterocycles. The van der Waals surface area contributed by atoms with Crippen LogP contribution >= 0.6 is 11.8 Å². The van der Waals surface area contributed by atoms with Crippen molar-refractivity contribution in [1.29, 1.82) is 0 Å². The van der Waals surface area contributed by atoms with Gasteiger partial charge in [0, 0.05) is 28.4 Å². The molecule has 2 aromatic rings. The minimum atomic E-state index is 0.0674. The number of thioether (sulfide) groups is 1. The number of aryl methyl sites for hydroxylation is 2. The summed E-state index contributed by atoms with van der Waals surface area (Å²) >= 11 is 1.77. The SMILES string of the molecule is Cc1cccc(C)c1C(=O)N1CCSc2ccc(N)cc21. The van der Waals surface area contributed by atoms with Crippen LogP contribution in [0.2, 0.25) is 0 Å². The van der Waals surface area contributed by atoms with E-state index < -0.39 is 0 Å². The Labute approximate surface area is 129 Å². The molecule has 0 fully saturated rings. The molecule has 3 rings (SSSR count). The number of carbonyl (C=O) groups is 1. The first-order valence-corrected chi connectivity index (χ1v) is 7.97. The molecule has 0 saturated carbocycles. The molecule has 1 aliphatic rings. The molecule has 1 aliphatic heterocycles. The number of hydrogen-bond acceptors (Lipinski definition) is 3. The summed E-state index contributed by atoms with van der Waals surface area (Å²) < 4.78 is 0. The second-order valence-corrected chi connectivity index (χ2v) is 6.44. The molecule has 0 saturated heterocycles. The van der Waals surface area contributed by atoms with E-state index >= 15 is 0 Å². The van der Waals surface area contributed by atoms with Crippen LogP contribution in [-0.2, 0) is 0 Å². The fraction of sp³-hybridized carbons (Fsp3) is 0.235. The van der Waals surface area contributed by atoms with Gasteiger partial charge in [-0.1, -0.05) is 18.2 Å². The predicted octanol–water partition coefficient (Wildman–Crippen LogP) is 3.64. The highest BCUT2D eigenvalue weighted by atomic mass is 32.2. The van der Waals surface area contributed by atoms with Crippen LogP contribution in [0.5, 0.6) is 0 Å². The van der Waals surface area contributed by atoms with Crippen molar-refractivity contribution in [2.45, 2.75) is 18.7 Å². The van der Waals surface area contributed by atoms with Gasteiger partial charge in [0.05, 0.1) is 5.69 Å². The van der Waals surface area contributed by atoms with E-state index in [9.17, 15) is 4.79 Å². The van der Waals surface area contributed by atoms with Gasteiger partial charge in [-0.05, 0) is 43.2 Å². The van der Waals surface area contributed by atoms with Gasteiger partial charge in [0.1, 0.15) is 0 Å². The average molecular weight is 298 g/mol. The van der Waals surface area contributed by atoms with Gasteiger partial charge in [-0.3, -0.25) is 4.79 Å². The fourth-order valence-electron chi connectivity index (χ4n) is 2.73. The van der Waals surface area contributed by atoms with E-state index in [2.05, 4.69) is 0 Å². The van der Waals surface area contributed by atoms with Gasteiger partial charge in [-0.15, -0.1) is 11.8 Å². The summed E-state index contributed by atoms with van der Waals surface area (Å²) in [6.07, 6.45) is 0. The quantitative estimate of drug-likeness (QED) is 0.818. The summed E-state index contributed by atoms with van der Waals surface area (Å²) in [6, 6.07) is 11.7. The number of benzene rings is 2. The van der Waals surface area contributed by atoms with Crippen molar-refractivity contribution in [3.63, 3.8) is 0 Å². The number of rotatable bonds is 1. The van der Waals surface area contributed by atoms with Crippen LogP contribution in [0.4, 0.5) is 11.4 Å². The minimum Gasteiger partial charge on any atom is -0.399 e. The molecular weight excluding hydrogens is 280 g/mol. The van der Waals surface area contributed by atoms with Gasteiger partial charge in [-0.2, -0.15) is 0 Å². The Bertz CT molecular complexity index is 692. The maximum atomic E-state index is 13.0. The molecule has 2 N–H and O–H groups in total. The molecule has 1 heterocycles. The van der Waals surface area contributed by atoms with Gasteiger partial charge in [0.25, 0.3) is 5.91 Å². The van der Waals surface area contributed by atoms with E-state index in [1.807, 2.05) is 55.1 Å². The minimum absolute atomic E-state index is 0.0674. The van der Waals surface area contributed by atoms with Crippen molar-refractivity contribution in [1.82, 2.24) is 0 Å². The molecule has 108 valence electrons. The number of hydrogen-bond donors (Lipinski definition) is 1. The van der Waals surface area contributed by atoms with Gasteiger partial charge in [-0.25, -0.2) is 0 Å². The first kappa shape index (κ1) is 14.0. The maximum absolute atomic E-state index is 13.0. The first-order chi connectivity index (χ1) is 10.1. The highest BCUT2D eigenvalue weighted by Gasteiger charge is 2.26. The number of nitrogen functional groups attached to an aromatic ring is 1. The molecule has 21 heavy (non-hydrogen) atoms. The third kappa shape index (κ3) is 2.51. The average Bonchev–Trinajstić information content (AvgIpc) is 2.46. The second-order valence-electron chi connectivity index (χ2n) is 5.30. The molecule has 0 bridgehead atoms. The lowest BCUT2D eigenvalue weighted by Crippen LogP contribution is -2.36. The van der Waals surface area contributed by atoms with Crippen LogP contribution in [0.3, 0.4) is 0 Å². The van der Waals surface area contributed by atoms with Crippen LogP contribution < -0.4 is 10.6 Å². The summed E-state index contributed by atoms with van der Waals surface area (Å²) in [5.74, 6) is 0.978. The lowest BCUT2D eigenvalue weighted by atomic mass is 10.0. The zero-order chi connectivity index (χ0) is 15.0. The predicted molar refractivity (Wildman–Crippen MR) is 89.2 cm³/mol. The number of fused-ring (bicyclic) bond motifs is 1. The Morgan fingerprint density at radius 1 is 1.19 bits per heavy atom. The molecule has 0 spiro atoms. The van der Waals surface area contributed by atoms with Crippen LogP contribution in [-0.4, -0.2) is 18.2 Å². The Hall–Kier alpha value is -1.94. The van der Waals surface area contributed by atoms with E-state index in [4.69, 9.17) is 5.73 Å². The highest BCUT2D eigenvalue weighted by molar-refractivity contribution is 7.99. The van der Waals surface area contributed by atoms with Gasteiger partial charge >= 0.3 is 0 Å². The number of anilines is 2. The van der Waals surface area contributed by atoms with Crippen molar-refractivity contribution in [2.75, 3.05) is 22.9 Å². The number of amides is 1. The Kier molecular flexibility index (Phi) is 3.64. The van der Waals surface area contributed by atoms with Crippen LogP contribution in [0.1, 0.15) is 21.5 Å². The molecule has 3 nitrogen and oxygen atoms in total. The van der Waals surface area contributed by atoms with E-state index in [-0.39, 0.29) is 5.91 Å². The molecule has 0 atom stereocenters. The van der Waals surface area contributed by atoms with Crippen LogP contribution in [0.25, 0.3) is 0 Å². The third-order valence-corrected chi connectivity index (χ3v) is 4.83. The van der Waals surface area contributed by atoms with Gasteiger partial charge < -0.3 is 10.6 Å². The van der Waals surface area contributed by atoms with Crippen molar-refractivity contribution < 1.29 is 4.79 Å². The monoisotopic (exact) mass is 298 g/mol. The summed E-state index contributed by atoms with van der Waals surface area (Å²) in [7, 11) is 0.